The summed E-state index contributed by atoms with van der Waals surface area (Å²) in [5.74, 6) is 0.329. The fourth-order valence-corrected chi connectivity index (χ4v) is 1.39. The Morgan fingerprint density at radius 2 is 2.31 bits per heavy atom. The zero-order chi connectivity index (χ0) is 10.0. The van der Waals surface area contributed by atoms with Crippen molar-refractivity contribution in [2.24, 2.45) is 18.7 Å². The Morgan fingerprint density at radius 1 is 1.69 bits per heavy atom. The summed E-state index contributed by atoms with van der Waals surface area (Å²) in [7, 11) is 1.64. The molecule has 0 aliphatic carbocycles. The number of rotatable bonds is 3. The van der Waals surface area contributed by atoms with Crippen LogP contribution in [0.15, 0.2) is 4.79 Å². The smallest absolute Gasteiger partial charge is 0.285 e. The van der Waals surface area contributed by atoms with Crippen molar-refractivity contribution in [2.45, 2.75) is 13.3 Å². The zero-order valence-electron chi connectivity index (χ0n) is 7.80. The maximum absolute atomic E-state index is 11.2. The first-order valence-corrected chi connectivity index (χ1v) is 4.57. The van der Waals surface area contributed by atoms with Gasteiger partial charge in [0.05, 0.1) is 5.69 Å². The first kappa shape index (κ1) is 10.3. The fraction of sp³-hybridized carbons (Fsp3) is 0.625. The topological polar surface area (TPSA) is 63.8 Å². The van der Waals surface area contributed by atoms with Crippen LogP contribution in [0, 0.1) is 5.92 Å². The summed E-state index contributed by atoms with van der Waals surface area (Å²) in [4.78, 5) is 11.2. The van der Waals surface area contributed by atoms with E-state index >= 15 is 0 Å². The largest absolute Gasteiger partial charge is 0.330 e. The van der Waals surface area contributed by atoms with Crippen molar-refractivity contribution in [3.63, 3.8) is 0 Å². The summed E-state index contributed by atoms with van der Waals surface area (Å²) in [5, 5.41) is 3.17. The molecule has 0 spiro atoms. The summed E-state index contributed by atoms with van der Waals surface area (Å²) in [6, 6.07) is 0. The van der Waals surface area contributed by atoms with Gasteiger partial charge in [-0.25, -0.2) is 0 Å². The van der Waals surface area contributed by atoms with Gasteiger partial charge >= 0.3 is 0 Å². The molecule has 1 aromatic heterocycles. The third kappa shape index (κ3) is 2.14. The number of aromatic amines is 1. The van der Waals surface area contributed by atoms with Crippen LogP contribution >= 0.6 is 11.6 Å². The van der Waals surface area contributed by atoms with Gasteiger partial charge in [-0.2, -0.15) is 0 Å². The maximum Gasteiger partial charge on any atom is 0.285 e. The number of H-pyrrole nitrogens is 1. The van der Waals surface area contributed by atoms with Gasteiger partial charge in [0, 0.05) is 7.05 Å². The van der Waals surface area contributed by atoms with Crippen molar-refractivity contribution in [1.82, 2.24) is 9.78 Å². The van der Waals surface area contributed by atoms with Crippen LogP contribution in [0.3, 0.4) is 0 Å². The predicted octanol–water partition coefficient (Wildman–Crippen LogP) is 0.504. The summed E-state index contributed by atoms with van der Waals surface area (Å²) in [6.45, 7) is 2.61. The molecule has 0 aromatic carbocycles. The summed E-state index contributed by atoms with van der Waals surface area (Å²) < 4.78 is 1.38. The predicted molar refractivity (Wildman–Crippen MR) is 53.0 cm³/mol. The number of hydrogen-bond donors (Lipinski definition) is 2. The Kier molecular flexibility index (Phi) is 3.17. The van der Waals surface area contributed by atoms with Crippen LogP contribution in [0.5, 0.6) is 0 Å². The van der Waals surface area contributed by atoms with Gasteiger partial charge in [0.2, 0.25) is 0 Å². The number of aromatic nitrogens is 2. The SMILES string of the molecule is CC(CN)Cc1[nH]n(C)c(=O)c1Cl. The van der Waals surface area contributed by atoms with Crippen LogP contribution in [0.2, 0.25) is 5.02 Å². The highest BCUT2D eigenvalue weighted by Gasteiger charge is 2.11. The Bertz CT molecular complexity index is 342. The molecule has 0 fully saturated rings. The highest BCUT2D eigenvalue weighted by atomic mass is 35.5. The summed E-state index contributed by atoms with van der Waals surface area (Å²) in [6.07, 6.45) is 0.714. The van der Waals surface area contributed by atoms with Gasteiger partial charge in [-0.3, -0.25) is 14.6 Å². The van der Waals surface area contributed by atoms with Gasteiger partial charge in [-0.05, 0) is 18.9 Å². The Balaban J connectivity index is 2.90. The second-order valence-corrected chi connectivity index (χ2v) is 3.69. The van der Waals surface area contributed by atoms with Crippen molar-refractivity contribution in [3.8, 4) is 0 Å². The average Bonchev–Trinajstić information content (AvgIpc) is 2.34. The molecule has 1 heterocycles. The van der Waals surface area contributed by atoms with E-state index in [2.05, 4.69) is 5.10 Å². The number of nitrogens with one attached hydrogen (secondary N) is 1. The number of halogens is 1. The lowest BCUT2D eigenvalue weighted by Crippen LogP contribution is -2.13. The van der Waals surface area contributed by atoms with Gasteiger partial charge in [-0.1, -0.05) is 18.5 Å². The third-order valence-electron chi connectivity index (χ3n) is 2.01. The van der Waals surface area contributed by atoms with Crippen molar-refractivity contribution in [2.75, 3.05) is 6.54 Å². The van der Waals surface area contributed by atoms with Crippen molar-refractivity contribution < 1.29 is 0 Å². The monoisotopic (exact) mass is 203 g/mol. The normalized spacial score (nSPS) is 13.2. The number of aryl methyl sites for hydroxylation is 1. The number of nitrogens with two attached hydrogens (primary N) is 1. The van der Waals surface area contributed by atoms with Gasteiger partial charge in [0.15, 0.2) is 0 Å². The van der Waals surface area contributed by atoms with Crippen LogP contribution in [0.1, 0.15) is 12.6 Å². The average molecular weight is 204 g/mol. The molecule has 0 radical (unpaired) electrons. The van der Waals surface area contributed by atoms with E-state index in [1.807, 2.05) is 6.92 Å². The minimum Gasteiger partial charge on any atom is -0.330 e. The van der Waals surface area contributed by atoms with Gasteiger partial charge in [-0.15, -0.1) is 0 Å². The van der Waals surface area contributed by atoms with Gasteiger partial charge in [0.1, 0.15) is 5.02 Å². The molecule has 0 aliphatic rings. The Hall–Kier alpha value is -0.740. The van der Waals surface area contributed by atoms with E-state index in [0.717, 1.165) is 5.69 Å². The Morgan fingerprint density at radius 3 is 2.69 bits per heavy atom. The van der Waals surface area contributed by atoms with E-state index in [1.54, 1.807) is 7.05 Å². The first-order valence-electron chi connectivity index (χ1n) is 4.19. The number of nitrogens with zero attached hydrogens (tertiary/aromatic N) is 1. The molecule has 74 valence electrons. The molecule has 5 heteroatoms. The molecule has 4 nitrogen and oxygen atoms in total. The van der Waals surface area contributed by atoms with Gasteiger partial charge < -0.3 is 5.73 Å². The highest BCUT2D eigenvalue weighted by molar-refractivity contribution is 6.31. The minimum absolute atomic E-state index is 0.180. The molecule has 0 amide bonds. The summed E-state index contributed by atoms with van der Waals surface area (Å²) >= 11 is 5.81. The molecule has 1 rings (SSSR count). The number of hydrogen-bond acceptors (Lipinski definition) is 2. The quantitative estimate of drug-likeness (QED) is 0.752. The summed E-state index contributed by atoms with van der Waals surface area (Å²) in [5.41, 5.74) is 6.06. The zero-order valence-corrected chi connectivity index (χ0v) is 8.56. The van der Waals surface area contributed by atoms with E-state index < -0.39 is 0 Å². The van der Waals surface area contributed by atoms with E-state index in [0.29, 0.717) is 18.9 Å². The maximum atomic E-state index is 11.2. The fourth-order valence-electron chi connectivity index (χ4n) is 1.15. The lowest BCUT2D eigenvalue weighted by atomic mass is 10.1. The van der Waals surface area contributed by atoms with Crippen molar-refractivity contribution >= 4 is 11.6 Å². The van der Waals surface area contributed by atoms with Crippen molar-refractivity contribution in [1.29, 1.82) is 0 Å². The van der Waals surface area contributed by atoms with Crippen LogP contribution in [0.4, 0.5) is 0 Å². The molecule has 1 unspecified atom stereocenters. The lowest BCUT2D eigenvalue weighted by molar-refractivity contribution is 0.575. The van der Waals surface area contributed by atoms with E-state index in [1.165, 1.54) is 4.68 Å². The first-order chi connectivity index (χ1) is 6.06. The Labute approximate surface area is 81.7 Å². The molecule has 0 aliphatic heterocycles. The molecule has 3 N–H and O–H groups in total. The van der Waals surface area contributed by atoms with Crippen LogP contribution in [-0.2, 0) is 13.5 Å². The van der Waals surface area contributed by atoms with Crippen molar-refractivity contribution in [3.05, 3.63) is 21.1 Å². The van der Waals surface area contributed by atoms with Crippen LogP contribution < -0.4 is 11.3 Å². The van der Waals surface area contributed by atoms with E-state index in [-0.39, 0.29) is 10.6 Å². The van der Waals surface area contributed by atoms with E-state index in [4.69, 9.17) is 17.3 Å². The second-order valence-electron chi connectivity index (χ2n) is 3.31. The highest BCUT2D eigenvalue weighted by Crippen LogP contribution is 2.12. The third-order valence-corrected chi connectivity index (χ3v) is 2.40. The molecule has 0 saturated heterocycles. The molecule has 1 aromatic rings. The molecule has 13 heavy (non-hydrogen) atoms. The molecule has 0 bridgehead atoms. The van der Waals surface area contributed by atoms with Crippen LogP contribution in [-0.4, -0.2) is 16.3 Å². The standard InChI is InChI=1S/C8H14ClN3O/c1-5(4-10)3-6-7(9)8(13)12(2)11-6/h5,11H,3-4,10H2,1-2H3. The minimum atomic E-state index is -0.180. The van der Waals surface area contributed by atoms with E-state index in [9.17, 15) is 4.79 Å². The van der Waals surface area contributed by atoms with Gasteiger partial charge in [0.25, 0.3) is 5.56 Å². The molecule has 0 saturated carbocycles. The molecule has 1 atom stereocenters. The molecular weight excluding hydrogens is 190 g/mol. The second kappa shape index (κ2) is 3.98. The lowest BCUT2D eigenvalue weighted by Gasteiger charge is -2.05. The van der Waals surface area contributed by atoms with Crippen LogP contribution in [0.25, 0.3) is 0 Å². The molecular formula is C8H14ClN3O.